The Bertz CT molecular complexity index is 440. The Morgan fingerprint density at radius 1 is 1.26 bits per heavy atom. The molecule has 19 heavy (non-hydrogen) atoms. The highest BCUT2D eigenvalue weighted by molar-refractivity contribution is 5.80. The number of hydrogen-bond acceptors (Lipinski definition) is 4. The van der Waals surface area contributed by atoms with E-state index in [1.165, 1.54) is 0 Å². The van der Waals surface area contributed by atoms with Gasteiger partial charge in [-0.25, -0.2) is 0 Å². The maximum Gasteiger partial charge on any atom is 0.234 e. The number of ether oxygens (including phenoxy) is 2. The van der Waals surface area contributed by atoms with Crippen LogP contribution in [0.15, 0.2) is 18.2 Å². The lowest BCUT2D eigenvalue weighted by atomic mass is 9.86. The number of carbonyl (C=O) groups excluding carboxylic acids is 1. The molecule has 0 bridgehead atoms. The maximum atomic E-state index is 11.3. The minimum atomic E-state index is -0.292. The van der Waals surface area contributed by atoms with E-state index in [9.17, 15) is 4.79 Å². The van der Waals surface area contributed by atoms with Gasteiger partial charge in [0.15, 0.2) is 0 Å². The number of piperidine rings is 1. The Hall–Kier alpha value is -1.75. The van der Waals surface area contributed by atoms with Crippen molar-refractivity contribution < 1.29 is 14.3 Å². The average molecular weight is 264 g/mol. The summed E-state index contributed by atoms with van der Waals surface area (Å²) in [7, 11) is 3.26. The number of amides is 1. The first-order chi connectivity index (χ1) is 9.13. The van der Waals surface area contributed by atoms with Gasteiger partial charge in [-0.1, -0.05) is 0 Å². The van der Waals surface area contributed by atoms with E-state index in [1.54, 1.807) is 14.2 Å². The molecule has 2 unspecified atom stereocenters. The normalized spacial score (nSPS) is 22.8. The van der Waals surface area contributed by atoms with Crippen LogP contribution < -0.4 is 20.5 Å². The number of rotatable bonds is 4. The summed E-state index contributed by atoms with van der Waals surface area (Å²) in [5.74, 6) is 1.54. The van der Waals surface area contributed by atoms with E-state index < -0.39 is 0 Å². The maximum absolute atomic E-state index is 11.3. The van der Waals surface area contributed by atoms with Crippen molar-refractivity contribution in [2.45, 2.75) is 24.8 Å². The molecule has 5 heteroatoms. The quantitative estimate of drug-likeness (QED) is 0.851. The zero-order valence-electron chi connectivity index (χ0n) is 11.3. The number of hydrogen-bond donors (Lipinski definition) is 2. The van der Waals surface area contributed by atoms with Gasteiger partial charge in [0, 0.05) is 6.07 Å². The number of nitrogens with one attached hydrogen (secondary N) is 1. The second-order valence-electron chi connectivity index (χ2n) is 4.78. The third-order valence-corrected chi connectivity index (χ3v) is 3.59. The van der Waals surface area contributed by atoms with E-state index in [2.05, 4.69) is 5.32 Å². The molecule has 1 aromatic carbocycles. The molecule has 0 spiro atoms. The number of primary amides is 1. The topological polar surface area (TPSA) is 73.6 Å². The van der Waals surface area contributed by atoms with Crippen molar-refractivity contribution in [3.63, 3.8) is 0 Å². The van der Waals surface area contributed by atoms with Gasteiger partial charge in [0.1, 0.15) is 11.5 Å². The van der Waals surface area contributed by atoms with Crippen LogP contribution in [0.3, 0.4) is 0 Å². The van der Waals surface area contributed by atoms with Crippen LogP contribution in [-0.2, 0) is 4.79 Å². The molecule has 0 aromatic heterocycles. The van der Waals surface area contributed by atoms with Crippen LogP contribution in [-0.4, -0.2) is 32.7 Å². The van der Waals surface area contributed by atoms with Crippen LogP contribution in [0.25, 0.3) is 0 Å². The highest BCUT2D eigenvalue weighted by Gasteiger charge is 2.26. The third-order valence-electron chi connectivity index (χ3n) is 3.59. The van der Waals surface area contributed by atoms with Crippen LogP contribution in [0.1, 0.15) is 24.3 Å². The number of carbonyl (C=O) groups is 1. The zero-order valence-corrected chi connectivity index (χ0v) is 11.3. The molecule has 1 saturated heterocycles. The lowest BCUT2D eigenvalue weighted by molar-refractivity contribution is -0.120. The summed E-state index contributed by atoms with van der Waals surface area (Å²) in [6.45, 7) is 0.789. The van der Waals surface area contributed by atoms with Crippen LogP contribution in [0.2, 0.25) is 0 Å². The van der Waals surface area contributed by atoms with Crippen LogP contribution in [0.5, 0.6) is 11.5 Å². The van der Waals surface area contributed by atoms with Gasteiger partial charge in [-0.05, 0) is 43.0 Å². The van der Waals surface area contributed by atoms with Crippen molar-refractivity contribution in [2.24, 2.45) is 5.73 Å². The van der Waals surface area contributed by atoms with E-state index >= 15 is 0 Å². The predicted molar refractivity (Wildman–Crippen MR) is 72.5 cm³/mol. The monoisotopic (exact) mass is 264 g/mol. The summed E-state index contributed by atoms with van der Waals surface area (Å²) in [6.07, 6.45) is 1.69. The molecule has 2 atom stereocenters. The Kier molecular flexibility index (Phi) is 4.27. The smallest absolute Gasteiger partial charge is 0.234 e. The highest BCUT2D eigenvalue weighted by Crippen LogP contribution is 2.33. The molecular weight excluding hydrogens is 244 g/mol. The fraction of sp³-hybridized carbons (Fsp3) is 0.500. The molecule has 1 aliphatic heterocycles. The van der Waals surface area contributed by atoms with Gasteiger partial charge in [0.2, 0.25) is 5.91 Å². The summed E-state index contributed by atoms with van der Waals surface area (Å²) in [6, 6.07) is 5.58. The Morgan fingerprint density at radius 2 is 1.89 bits per heavy atom. The average Bonchev–Trinajstić information content (AvgIpc) is 2.46. The fourth-order valence-electron chi connectivity index (χ4n) is 2.50. The van der Waals surface area contributed by atoms with Crippen molar-refractivity contribution >= 4 is 5.91 Å². The van der Waals surface area contributed by atoms with Gasteiger partial charge in [-0.2, -0.15) is 0 Å². The number of methoxy groups -OCH3 is 2. The second kappa shape index (κ2) is 5.93. The summed E-state index contributed by atoms with van der Waals surface area (Å²) in [5.41, 5.74) is 6.50. The molecule has 1 aromatic rings. The molecule has 0 radical (unpaired) electrons. The van der Waals surface area contributed by atoms with E-state index in [0.29, 0.717) is 12.3 Å². The number of benzene rings is 1. The summed E-state index contributed by atoms with van der Waals surface area (Å²) < 4.78 is 10.6. The van der Waals surface area contributed by atoms with Gasteiger partial charge in [-0.3, -0.25) is 4.79 Å². The molecule has 1 heterocycles. The molecule has 104 valence electrons. The van der Waals surface area contributed by atoms with Gasteiger partial charge < -0.3 is 20.5 Å². The minimum absolute atomic E-state index is 0.254. The van der Waals surface area contributed by atoms with Crippen LogP contribution in [0.4, 0.5) is 0 Å². The molecule has 0 saturated carbocycles. The Balaban J connectivity index is 2.22. The molecular formula is C14H20N2O3. The third kappa shape index (κ3) is 3.17. The molecule has 1 amide bonds. The van der Waals surface area contributed by atoms with Crippen molar-refractivity contribution in [1.29, 1.82) is 0 Å². The second-order valence-corrected chi connectivity index (χ2v) is 4.78. The standard InChI is InChI=1S/C14H20N2O3/c1-18-11-5-10(6-12(8-11)19-2)9-3-4-16-13(7-9)14(15)17/h5-6,8-9,13,16H,3-4,7H2,1-2H3,(H2,15,17). The predicted octanol–water partition coefficient (Wildman–Crippen LogP) is 1.02. The van der Waals surface area contributed by atoms with Gasteiger partial charge >= 0.3 is 0 Å². The summed E-state index contributed by atoms with van der Waals surface area (Å²) >= 11 is 0. The van der Waals surface area contributed by atoms with E-state index in [1.807, 2.05) is 18.2 Å². The van der Waals surface area contributed by atoms with Crippen molar-refractivity contribution in [3.8, 4) is 11.5 Å². The summed E-state index contributed by atoms with van der Waals surface area (Å²) in [5, 5.41) is 3.14. The molecule has 3 N–H and O–H groups in total. The van der Waals surface area contributed by atoms with Crippen molar-refractivity contribution in [1.82, 2.24) is 5.32 Å². The van der Waals surface area contributed by atoms with Crippen LogP contribution in [0, 0.1) is 0 Å². The van der Waals surface area contributed by atoms with E-state index in [-0.39, 0.29) is 11.9 Å². The Labute approximate surface area is 113 Å². The van der Waals surface area contributed by atoms with E-state index in [4.69, 9.17) is 15.2 Å². The van der Waals surface area contributed by atoms with Gasteiger partial charge in [0.05, 0.1) is 20.3 Å². The first kappa shape index (κ1) is 13.7. The Morgan fingerprint density at radius 3 is 2.42 bits per heavy atom. The van der Waals surface area contributed by atoms with Gasteiger partial charge in [0.25, 0.3) is 0 Å². The first-order valence-electron chi connectivity index (χ1n) is 6.39. The van der Waals surface area contributed by atoms with Crippen LogP contribution >= 0.6 is 0 Å². The molecule has 0 aliphatic carbocycles. The van der Waals surface area contributed by atoms with Gasteiger partial charge in [-0.15, -0.1) is 0 Å². The first-order valence-corrected chi connectivity index (χ1v) is 6.39. The SMILES string of the molecule is COc1cc(OC)cc(C2CCNC(C(N)=O)C2)c1. The zero-order chi connectivity index (χ0) is 13.8. The fourth-order valence-corrected chi connectivity index (χ4v) is 2.50. The molecule has 2 rings (SSSR count). The lowest BCUT2D eigenvalue weighted by Crippen LogP contribution is -2.46. The minimum Gasteiger partial charge on any atom is -0.497 e. The highest BCUT2D eigenvalue weighted by atomic mass is 16.5. The summed E-state index contributed by atoms with van der Waals surface area (Å²) in [4.78, 5) is 11.3. The van der Waals surface area contributed by atoms with Crippen molar-refractivity contribution in [3.05, 3.63) is 23.8 Å². The molecule has 1 fully saturated rings. The lowest BCUT2D eigenvalue weighted by Gasteiger charge is -2.29. The van der Waals surface area contributed by atoms with Crippen molar-refractivity contribution in [2.75, 3.05) is 20.8 Å². The molecule has 5 nitrogen and oxygen atoms in total. The largest absolute Gasteiger partial charge is 0.497 e. The van der Waals surface area contributed by atoms with E-state index in [0.717, 1.165) is 30.0 Å². The molecule has 1 aliphatic rings. The number of nitrogens with two attached hydrogens (primary N) is 1.